The molecule has 0 saturated carbocycles. The average Bonchev–Trinajstić information content (AvgIpc) is 2.13. The largest absolute Gasteiger partial charge is 0.476 e. The number of oxazole rings is 1. The van der Waals surface area contributed by atoms with Crippen LogP contribution in [0.5, 0.6) is 0 Å². The fourth-order valence-electron chi connectivity index (χ4n) is 0.511. The third-order valence-corrected chi connectivity index (χ3v) is 0.947. The third-order valence-electron chi connectivity index (χ3n) is 0.947. The lowest BCUT2D eigenvalue weighted by atomic mass is 10.4. The van der Waals surface area contributed by atoms with Crippen LogP contribution in [-0.2, 0) is 0 Å². The molecule has 4 nitrogen and oxygen atoms in total. The summed E-state index contributed by atoms with van der Waals surface area (Å²) >= 11 is 0. The molecule has 0 radical (unpaired) electrons. The minimum atomic E-state index is -1.05. The lowest BCUT2D eigenvalue weighted by molar-refractivity contribution is 0.0689. The van der Waals surface area contributed by atoms with Gasteiger partial charge in [0.2, 0.25) is 0 Å². The molecular weight excluding hydrogens is 122 g/mol. The number of nitrogens with zero attached hydrogens (tertiary/aromatic N) is 1. The summed E-state index contributed by atoms with van der Waals surface area (Å²) in [5.41, 5.74) is -0.0185. The Balaban J connectivity index is 3.08. The van der Waals surface area contributed by atoms with Gasteiger partial charge in [0.1, 0.15) is 5.76 Å². The van der Waals surface area contributed by atoms with Crippen LogP contribution in [0.4, 0.5) is 0 Å². The maximum absolute atomic E-state index is 10.2. The Kier molecular flexibility index (Phi) is 1.22. The number of rotatable bonds is 1. The second-order valence-corrected chi connectivity index (χ2v) is 1.56. The van der Waals surface area contributed by atoms with Crippen molar-refractivity contribution in [1.82, 2.24) is 4.98 Å². The normalized spacial score (nSPS) is 9.44. The molecule has 0 aliphatic carbocycles. The number of carboxylic acid groups (broad SMARTS) is 1. The summed E-state index contributed by atoms with van der Waals surface area (Å²) in [5, 5.41) is 8.33. The first-order valence-corrected chi connectivity index (χ1v) is 2.35. The van der Waals surface area contributed by atoms with E-state index in [1.165, 1.54) is 0 Å². The van der Waals surface area contributed by atoms with Gasteiger partial charge in [-0.25, -0.2) is 9.78 Å². The Bertz CT molecular complexity index is 228. The fraction of sp³-hybridized carbons (Fsp3) is 0.200. The maximum Gasteiger partial charge on any atom is 0.358 e. The molecule has 0 aromatic carbocycles. The molecule has 0 unspecified atom stereocenters. The van der Waals surface area contributed by atoms with Crippen LogP contribution < -0.4 is 0 Å². The Morgan fingerprint density at radius 2 is 2.56 bits per heavy atom. The first-order chi connectivity index (χ1) is 4.22. The van der Waals surface area contributed by atoms with Gasteiger partial charge in [0.25, 0.3) is 0 Å². The minimum Gasteiger partial charge on any atom is -0.476 e. The SMILES string of the molecule is Cc1ocnc1C(=O)O. The number of hydrogen-bond donors (Lipinski definition) is 1. The number of aromatic carboxylic acids is 1. The summed E-state index contributed by atoms with van der Waals surface area (Å²) in [4.78, 5) is 13.6. The van der Waals surface area contributed by atoms with Crippen LogP contribution in [0, 0.1) is 6.92 Å². The van der Waals surface area contributed by atoms with Crippen molar-refractivity contribution in [3.05, 3.63) is 17.8 Å². The van der Waals surface area contributed by atoms with Gasteiger partial charge in [-0.15, -0.1) is 0 Å². The minimum absolute atomic E-state index is 0.0185. The van der Waals surface area contributed by atoms with Crippen molar-refractivity contribution < 1.29 is 14.3 Å². The standard InChI is InChI=1S/C5H5NO3/c1-3-4(5(7)8)6-2-9-3/h2H,1H3,(H,7,8). The van der Waals surface area contributed by atoms with Crippen molar-refractivity contribution in [1.29, 1.82) is 0 Å². The summed E-state index contributed by atoms with van der Waals surface area (Å²) in [5.74, 6) is -0.719. The molecule has 4 heteroatoms. The highest BCUT2D eigenvalue weighted by Gasteiger charge is 2.09. The highest BCUT2D eigenvalue weighted by molar-refractivity contribution is 5.86. The second-order valence-electron chi connectivity index (χ2n) is 1.56. The van der Waals surface area contributed by atoms with E-state index in [1.54, 1.807) is 6.92 Å². The highest BCUT2D eigenvalue weighted by Crippen LogP contribution is 2.02. The van der Waals surface area contributed by atoms with Crippen molar-refractivity contribution >= 4 is 5.97 Å². The molecular formula is C5H5NO3. The topological polar surface area (TPSA) is 63.3 Å². The van der Waals surface area contributed by atoms with Crippen LogP contribution in [0.2, 0.25) is 0 Å². The molecule has 0 spiro atoms. The number of carboxylic acids is 1. The predicted octanol–water partition coefficient (Wildman–Crippen LogP) is 0.681. The van der Waals surface area contributed by atoms with Crippen molar-refractivity contribution in [2.45, 2.75) is 6.92 Å². The van der Waals surface area contributed by atoms with E-state index < -0.39 is 5.97 Å². The van der Waals surface area contributed by atoms with Crippen LogP contribution in [0.1, 0.15) is 16.2 Å². The van der Waals surface area contributed by atoms with Crippen molar-refractivity contribution in [3.63, 3.8) is 0 Å². The number of hydrogen-bond acceptors (Lipinski definition) is 3. The first kappa shape index (κ1) is 5.81. The molecule has 0 aliphatic rings. The Hall–Kier alpha value is -1.32. The van der Waals surface area contributed by atoms with Gasteiger partial charge in [0.15, 0.2) is 12.1 Å². The number of aryl methyl sites for hydroxylation is 1. The zero-order valence-electron chi connectivity index (χ0n) is 4.79. The van der Waals surface area contributed by atoms with Gasteiger partial charge in [-0.3, -0.25) is 0 Å². The highest BCUT2D eigenvalue weighted by atomic mass is 16.4. The van der Waals surface area contributed by atoms with Gasteiger partial charge < -0.3 is 9.52 Å². The summed E-state index contributed by atoms with van der Waals surface area (Å²) in [6, 6.07) is 0. The molecule has 1 N–H and O–H groups in total. The van der Waals surface area contributed by atoms with Crippen molar-refractivity contribution in [2.24, 2.45) is 0 Å². The molecule has 0 atom stereocenters. The van der Waals surface area contributed by atoms with Crippen LogP contribution in [-0.4, -0.2) is 16.1 Å². The van der Waals surface area contributed by atoms with E-state index in [0.29, 0.717) is 5.76 Å². The first-order valence-electron chi connectivity index (χ1n) is 2.35. The van der Waals surface area contributed by atoms with Crippen LogP contribution in [0.3, 0.4) is 0 Å². The second kappa shape index (κ2) is 1.89. The average molecular weight is 127 g/mol. The van der Waals surface area contributed by atoms with Gasteiger partial charge in [0, 0.05) is 0 Å². The lowest BCUT2D eigenvalue weighted by Crippen LogP contribution is -1.97. The van der Waals surface area contributed by atoms with E-state index in [0.717, 1.165) is 6.39 Å². The molecule has 1 aromatic rings. The molecule has 0 bridgehead atoms. The van der Waals surface area contributed by atoms with Crippen molar-refractivity contribution in [2.75, 3.05) is 0 Å². The molecule has 1 aromatic heterocycles. The van der Waals surface area contributed by atoms with Gasteiger partial charge >= 0.3 is 5.97 Å². The summed E-state index contributed by atoms with van der Waals surface area (Å²) < 4.78 is 4.63. The van der Waals surface area contributed by atoms with Crippen molar-refractivity contribution in [3.8, 4) is 0 Å². The summed E-state index contributed by atoms with van der Waals surface area (Å²) in [6.45, 7) is 1.55. The Morgan fingerprint density at radius 3 is 2.78 bits per heavy atom. The molecule has 0 saturated heterocycles. The predicted molar refractivity (Wildman–Crippen MR) is 28.2 cm³/mol. The fourth-order valence-corrected chi connectivity index (χ4v) is 0.511. The number of aromatic nitrogens is 1. The number of carbonyl (C=O) groups is 1. The zero-order valence-corrected chi connectivity index (χ0v) is 4.79. The van der Waals surface area contributed by atoms with Crippen LogP contribution >= 0.6 is 0 Å². The van der Waals surface area contributed by atoms with E-state index >= 15 is 0 Å². The monoisotopic (exact) mass is 127 g/mol. The smallest absolute Gasteiger partial charge is 0.358 e. The third kappa shape index (κ3) is 0.910. The summed E-state index contributed by atoms with van der Waals surface area (Å²) in [6.07, 6.45) is 1.11. The van der Waals surface area contributed by atoms with Gasteiger partial charge in [-0.1, -0.05) is 0 Å². The maximum atomic E-state index is 10.2. The zero-order chi connectivity index (χ0) is 6.85. The summed E-state index contributed by atoms with van der Waals surface area (Å²) in [7, 11) is 0. The Morgan fingerprint density at radius 1 is 1.89 bits per heavy atom. The lowest BCUT2D eigenvalue weighted by Gasteiger charge is -1.83. The van der Waals surface area contributed by atoms with E-state index in [2.05, 4.69) is 9.40 Å². The van der Waals surface area contributed by atoms with E-state index in [9.17, 15) is 4.79 Å². The van der Waals surface area contributed by atoms with E-state index in [1.807, 2.05) is 0 Å². The van der Waals surface area contributed by atoms with Gasteiger partial charge in [0.05, 0.1) is 0 Å². The van der Waals surface area contributed by atoms with Gasteiger partial charge in [-0.2, -0.15) is 0 Å². The van der Waals surface area contributed by atoms with E-state index in [-0.39, 0.29) is 5.69 Å². The molecule has 0 amide bonds. The molecule has 1 heterocycles. The van der Waals surface area contributed by atoms with Crippen LogP contribution in [0.25, 0.3) is 0 Å². The Labute approximate surface area is 51.1 Å². The molecule has 48 valence electrons. The quantitative estimate of drug-likeness (QED) is 0.602. The molecule has 1 rings (SSSR count). The van der Waals surface area contributed by atoms with Gasteiger partial charge in [-0.05, 0) is 6.92 Å². The van der Waals surface area contributed by atoms with E-state index in [4.69, 9.17) is 5.11 Å². The van der Waals surface area contributed by atoms with Crippen LogP contribution in [0.15, 0.2) is 10.8 Å². The molecule has 0 fully saturated rings. The molecule has 9 heavy (non-hydrogen) atoms. The molecule has 0 aliphatic heterocycles.